The quantitative estimate of drug-likeness (QED) is 0.622. The Bertz CT molecular complexity index is 692. The Morgan fingerprint density at radius 1 is 1.27 bits per heavy atom. The highest BCUT2D eigenvalue weighted by atomic mass is 35.5. The molecule has 2 aromatic rings. The highest BCUT2D eigenvalue weighted by Gasteiger charge is 2.18. The Labute approximate surface area is 135 Å². The molecule has 0 aliphatic rings. The van der Waals surface area contributed by atoms with E-state index in [1.165, 1.54) is 0 Å². The number of benzene rings is 1. The number of esters is 1. The molecule has 2 rings (SSSR count). The maximum atomic E-state index is 12.2. The third-order valence-electron chi connectivity index (χ3n) is 3.10. The molecule has 0 radical (unpaired) electrons. The molecule has 0 fully saturated rings. The lowest BCUT2D eigenvalue weighted by molar-refractivity contribution is 0.0377. The van der Waals surface area contributed by atoms with Gasteiger partial charge in [0.25, 0.3) is 0 Å². The van der Waals surface area contributed by atoms with Crippen LogP contribution >= 0.6 is 11.6 Å². The number of rotatable bonds is 5. The van der Waals surface area contributed by atoms with Crippen molar-refractivity contribution in [1.29, 1.82) is 0 Å². The average molecular weight is 325 g/mol. The first-order valence-corrected chi connectivity index (χ1v) is 7.79. The molecule has 0 aliphatic carbocycles. The molecule has 0 aliphatic heterocycles. The van der Waals surface area contributed by atoms with Gasteiger partial charge in [0.15, 0.2) is 0 Å². The van der Waals surface area contributed by atoms with E-state index in [4.69, 9.17) is 21.1 Å². The van der Waals surface area contributed by atoms with E-state index in [0.29, 0.717) is 16.8 Å². The second-order valence-corrected chi connectivity index (χ2v) is 5.95. The highest BCUT2D eigenvalue weighted by Crippen LogP contribution is 2.29. The van der Waals surface area contributed by atoms with Crippen LogP contribution in [0.4, 0.5) is 0 Å². The van der Waals surface area contributed by atoms with Crippen molar-refractivity contribution in [2.75, 3.05) is 0 Å². The number of hydrogen-bond acceptors (Lipinski definition) is 4. The number of aromatic nitrogens is 2. The number of carbonyl (C=O) groups is 1. The van der Waals surface area contributed by atoms with Crippen LogP contribution in [-0.2, 0) is 17.7 Å². The van der Waals surface area contributed by atoms with Crippen molar-refractivity contribution in [1.82, 2.24) is 9.55 Å². The number of carbonyl (C=O) groups excluding carboxylic acids is 1. The zero-order chi connectivity index (χ0) is 16.4. The first-order chi connectivity index (χ1) is 10.3. The van der Waals surface area contributed by atoms with Crippen molar-refractivity contribution < 1.29 is 14.3 Å². The van der Waals surface area contributed by atoms with Crippen molar-refractivity contribution in [3.05, 3.63) is 23.5 Å². The van der Waals surface area contributed by atoms with Crippen LogP contribution in [0.1, 0.15) is 43.9 Å². The van der Waals surface area contributed by atoms with E-state index in [9.17, 15) is 4.79 Å². The fourth-order valence-corrected chi connectivity index (χ4v) is 2.41. The fourth-order valence-electron chi connectivity index (χ4n) is 2.17. The van der Waals surface area contributed by atoms with Crippen molar-refractivity contribution in [3.63, 3.8) is 0 Å². The van der Waals surface area contributed by atoms with E-state index in [-0.39, 0.29) is 24.1 Å². The summed E-state index contributed by atoms with van der Waals surface area (Å²) < 4.78 is 12.9. The summed E-state index contributed by atoms with van der Waals surface area (Å²) in [6, 6.07) is 3.44. The molecule has 0 bridgehead atoms. The lowest BCUT2D eigenvalue weighted by atomic mass is 10.1. The predicted octanol–water partition coefficient (Wildman–Crippen LogP) is 3.66. The molecule has 0 N–H and O–H groups in total. The topological polar surface area (TPSA) is 53.4 Å². The zero-order valence-corrected chi connectivity index (χ0v) is 14.3. The Balaban J connectivity index is 2.59. The second-order valence-electron chi connectivity index (χ2n) is 5.68. The Morgan fingerprint density at radius 2 is 1.95 bits per heavy atom. The number of alkyl halides is 1. The number of aryl methyl sites for hydroxylation is 1. The summed E-state index contributed by atoms with van der Waals surface area (Å²) in [5.41, 5.74) is 1.94. The van der Waals surface area contributed by atoms with Crippen LogP contribution in [0.25, 0.3) is 11.0 Å². The molecule has 0 amide bonds. The minimum absolute atomic E-state index is 0.0268. The second kappa shape index (κ2) is 6.57. The summed E-state index contributed by atoms with van der Waals surface area (Å²) in [4.78, 5) is 16.7. The fraction of sp³-hybridized carbons (Fsp3) is 0.500. The van der Waals surface area contributed by atoms with E-state index in [0.717, 1.165) is 11.3 Å². The summed E-state index contributed by atoms with van der Waals surface area (Å²) in [6.07, 6.45) is -0.205. The summed E-state index contributed by atoms with van der Waals surface area (Å²) >= 11 is 5.92. The molecule has 5 nitrogen and oxygen atoms in total. The van der Waals surface area contributed by atoms with Crippen LogP contribution in [0.15, 0.2) is 12.1 Å². The monoisotopic (exact) mass is 324 g/mol. The normalized spacial score (nSPS) is 11.5. The molecular weight excluding hydrogens is 304 g/mol. The molecule has 0 spiro atoms. The summed E-state index contributed by atoms with van der Waals surface area (Å²) in [7, 11) is 1.86. The van der Waals surface area contributed by atoms with Crippen LogP contribution in [0, 0.1) is 0 Å². The molecule has 120 valence electrons. The molecule has 0 unspecified atom stereocenters. The van der Waals surface area contributed by atoms with Gasteiger partial charge in [0.2, 0.25) is 0 Å². The Hall–Kier alpha value is -1.75. The van der Waals surface area contributed by atoms with Gasteiger partial charge in [0.1, 0.15) is 17.1 Å². The van der Waals surface area contributed by atoms with Crippen LogP contribution < -0.4 is 4.74 Å². The van der Waals surface area contributed by atoms with Crippen LogP contribution in [0.5, 0.6) is 5.75 Å². The summed E-state index contributed by atoms with van der Waals surface area (Å²) in [5, 5.41) is 0. The molecular formula is C16H21ClN2O3. The van der Waals surface area contributed by atoms with Gasteiger partial charge in [-0.15, -0.1) is 11.6 Å². The van der Waals surface area contributed by atoms with Gasteiger partial charge >= 0.3 is 5.97 Å². The van der Waals surface area contributed by atoms with E-state index >= 15 is 0 Å². The summed E-state index contributed by atoms with van der Waals surface area (Å²) in [5.74, 6) is 1.20. The average Bonchev–Trinajstić information content (AvgIpc) is 2.74. The van der Waals surface area contributed by atoms with Crippen molar-refractivity contribution in [3.8, 4) is 5.75 Å². The number of hydrogen-bond donors (Lipinski definition) is 0. The number of imidazole rings is 1. The zero-order valence-electron chi connectivity index (χ0n) is 13.5. The molecule has 1 aromatic carbocycles. The summed E-state index contributed by atoms with van der Waals surface area (Å²) in [6.45, 7) is 7.49. The standard InChI is InChI=1S/C16H21ClN2O3/c1-9(2)21-13-7-11(16(20)22-10(3)4)6-12-15(13)18-14(8-17)19(12)5/h6-7,9-10H,8H2,1-5H3. The van der Waals surface area contributed by atoms with Gasteiger partial charge in [0, 0.05) is 7.05 Å². The molecule has 1 heterocycles. The van der Waals surface area contributed by atoms with E-state index in [1.807, 2.05) is 39.3 Å². The van der Waals surface area contributed by atoms with Gasteiger partial charge in [0.05, 0.1) is 29.2 Å². The lowest BCUT2D eigenvalue weighted by Crippen LogP contribution is -2.13. The molecule has 0 saturated carbocycles. The first-order valence-electron chi connectivity index (χ1n) is 7.26. The Morgan fingerprint density at radius 3 is 2.50 bits per heavy atom. The SMILES string of the molecule is CC(C)OC(=O)c1cc(OC(C)C)c2nc(CCl)n(C)c2c1. The van der Waals surface area contributed by atoms with Gasteiger partial charge in [-0.25, -0.2) is 9.78 Å². The third-order valence-corrected chi connectivity index (χ3v) is 3.34. The smallest absolute Gasteiger partial charge is 0.338 e. The molecule has 6 heteroatoms. The van der Waals surface area contributed by atoms with Gasteiger partial charge in [-0.1, -0.05) is 0 Å². The van der Waals surface area contributed by atoms with E-state index in [2.05, 4.69) is 4.98 Å². The van der Waals surface area contributed by atoms with E-state index < -0.39 is 0 Å². The maximum Gasteiger partial charge on any atom is 0.338 e. The molecule has 0 atom stereocenters. The lowest BCUT2D eigenvalue weighted by Gasteiger charge is -2.13. The van der Waals surface area contributed by atoms with Gasteiger partial charge in [-0.3, -0.25) is 0 Å². The number of ether oxygens (including phenoxy) is 2. The molecule has 22 heavy (non-hydrogen) atoms. The number of fused-ring (bicyclic) bond motifs is 1. The highest BCUT2D eigenvalue weighted by molar-refractivity contribution is 6.17. The van der Waals surface area contributed by atoms with Crippen molar-refractivity contribution in [2.24, 2.45) is 7.05 Å². The van der Waals surface area contributed by atoms with Gasteiger partial charge in [-0.2, -0.15) is 0 Å². The molecule has 1 aromatic heterocycles. The van der Waals surface area contributed by atoms with Gasteiger partial charge in [-0.05, 0) is 39.8 Å². The van der Waals surface area contributed by atoms with Crippen molar-refractivity contribution >= 4 is 28.6 Å². The molecule has 0 saturated heterocycles. The van der Waals surface area contributed by atoms with E-state index in [1.54, 1.807) is 12.1 Å². The first kappa shape index (κ1) is 16.6. The van der Waals surface area contributed by atoms with Crippen molar-refractivity contribution in [2.45, 2.75) is 45.8 Å². The van der Waals surface area contributed by atoms with Gasteiger partial charge < -0.3 is 14.0 Å². The van der Waals surface area contributed by atoms with Crippen LogP contribution in [-0.4, -0.2) is 27.7 Å². The number of nitrogens with zero attached hydrogens (tertiary/aromatic N) is 2. The Kier molecular flexibility index (Phi) is 4.96. The third kappa shape index (κ3) is 3.35. The van der Waals surface area contributed by atoms with Crippen LogP contribution in [0.2, 0.25) is 0 Å². The number of halogens is 1. The maximum absolute atomic E-state index is 12.2. The van der Waals surface area contributed by atoms with Crippen LogP contribution in [0.3, 0.4) is 0 Å². The predicted molar refractivity (Wildman–Crippen MR) is 86.6 cm³/mol. The largest absolute Gasteiger partial charge is 0.489 e. The minimum Gasteiger partial charge on any atom is -0.489 e. The minimum atomic E-state index is -0.376.